The van der Waals surface area contributed by atoms with Crippen LogP contribution in [0, 0.1) is 5.92 Å². The van der Waals surface area contributed by atoms with Crippen LogP contribution >= 0.6 is 0 Å². The van der Waals surface area contributed by atoms with Crippen LogP contribution in [0.1, 0.15) is 37.8 Å². The van der Waals surface area contributed by atoms with Crippen molar-refractivity contribution in [1.82, 2.24) is 4.90 Å². The first-order valence-electron chi connectivity index (χ1n) is 7.27. The van der Waals surface area contributed by atoms with Gasteiger partial charge in [-0.2, -0.15) is 0 Å². The summed E-state index contributed by atoms with van der Waals surface area (Å²) in [5, 5.41) is 12.4. The topological polar surface area (TPSA) is 35.8 Å². The summed E-state index contributed by atoms with van der Waals surface area (Å²) >= 11 is 0. The van der Waals surface area contributed by atoms with Gasteiger partial charge in [-0.1, -0.05) is 43.3 Å². The summed E-state index contributed by atoms with van der Waals surface area (Å²) in [6.45, 7) is 7.34. The molecule has 104 valence electrons. The van der Waals surface area contributed by atoms with E-state index in [1.807, 2.05) is 0 Å². The Kier molecular flexibility index (Phi) is 4.97. The van der Waals surface area contributed by atoms with Crippen LogP contribution in [-0.4, -0.2) is 28.9 Å². The Labute approximate surface area is 115 Å². The number of hydrogen-bond acceptors (Lipinski definition) is 3. The molecule has 0 amide bonds. The maximum atomic E-state index is 9.00. The lowest BCUT2D eigenvalue weighted by Crippen LogP contribution is -2.40. The van der Waals surface area contributed by atoms with Gasteiger partial charge in [-0.3, -0.25) is 4.90 Å². The monoisotopic (exact) mass is 260 g/mol. The Morgan fingerprint density at radius 3 is 2.47 bits per heavy atom. The van der Waals surface area contributed by atoms with Gasteiger partial charge in [0.15, 0.2) is 0 Å². The summed E-state index contributed by atoms with van der Waals surface area (Å²) in [4.78, 5) is 2.46. The van der Waals surface area contributed by atoms with Crippen LogP contribution in [0.15, 0.2) is 29.4 Å². The minimum absolute atomic E-state index is 0.411. The third-order valence-corrected chi connectivity index (χ3v) is 4.09. The molecule has 3 nitrogen and oxygen atoms in total. The summed E-state index contributed by atoms with van der Waals surface area (Å²) in [6.07, 6.45) is 3.03. The van der Waals surface area contributed by atoms with Gasteiger partial charge in [0.2, 0.25) is 0 Å². The SMILES string of the molecule is CCc1ccc(CN2CC/C(=N\O)C(CC)C2)cc1. The molecule has 3 heteroatoms. The average Bonchev–Trinajstić information content (AvgIpc) is 2.48. The van der Waals surface area contributed by atoms with Crippen LogP contribution in [-0.2, 0) is 13.0 Å². The molecule has 1 aromatic rings. The van der Waals surface area contributed by atoms with Gasteiger partial charge in [-0.15, -0.1) is 0 Å². The fourth-order valence-corrected chi connectivity index (χ4v) is 2.76. The van der Waals surface area contributed by atoms with E-state index in [9.17, 15) is 0 Å². The normalized spacial score (nSPS) is 22.8. The van der Waals surface area contributed by atoms with Crippen molar-refractivity contribution >= 4 is 5.71 Å². The van der Waals surface area contributed by atoms with E-state index < -0.39 is 0 Å². The summed E-state index contributed by atoms with van der Waals surface area (Å²) in [5.74, 6) is 0.411. The number of likely N-dealkylation sites (tertiary alicyclic amines) is 1. The van der Waals surface area contributed by atoms with E-state index in [0.717, 1.165) is 44.6 Å². The first-order valence-corrected chi connectivity index (χ1v) is 7.27. The van der Waals surface area contributed by atoms with E-state index in [1.165, 1.54) is 11.1 Å². The number of oxime groups is 1. The van der Waals surface area contributed by atoms with Crippen LogP contribution in [0.5, 0.6) is 0 Å². The van der Waals surface area contributed by atoms with E-state index in [4.69, 9.17) is 5.21 Å². The number of piperidine rings is 1. The summed E-state index contributed by atoms with van der Waals surface area (Å²) < 4.78 is 0. The molecule has 1 saturated heterocycles. The van der Waals surface area contributed by atoms with Crippen LogP contribution in [0.3, 0.4) is 0 Å². The molecule has 1 aliphatic heterocycles. The van der Waals surface area contributed by atoms with Crippen molar-refractivity contribution in [2.75, 3.05) is 13.1 Å². The van der Waals surface area contributed by atoms with Crippen molar-refractivity contribution in [2.24, 2.45) is 11.1 Å². The molecule has 1 unspecified atom stereocenters. The van der Waals surface area contributed by atoms with Crippen molar-refractivity contribution in [3.8, 4) is 0 Å². The Hall–Kier alpha value is -1.35. The first kappa shape index (κ1) is 14.1. The largest absolute Gasteiger partial charge is 0.411 e. The summed E-state index contributed by atoms with van der Waals surface area (Å²) in [6, 6.07) is 8.90. The van der Waals surface area contributed by atoms with Gasteiger partial charge in [0, 0.05) is 32.0 Å². The second-order valence-electron chi connectivity index (χ2n) is 5.35. The van der Waals surface area contributed by atoms with Crippen LogP contribution in [0.4, 0.5) is 0 Å². The van der Waals surface area contributed by atoms with Gasteiger partial charge in [0.1, 0.15) is 0 Å². The van der Waals surface area contributed by atoms with E-state index in [-0.39, 0.29) is 0 Å². The zero-order valence-corrected chi connectivity index (χ0v) is 12.0. The lowest BCUT2D eigenvalue weighted by Gasteiger charge is -2.32. The van der Waals surface area contributed by atoms with E-state index in [2.05, 4.69) is 48.2 Å². The maximum Gasteiger partial charge on any atom is 0.0627 e. The molecule has 1 aliphatic rings. The zero-order chi connectivity index (χ0) is 13.7. The second-order valence-corrected chi connectivity index (χ2v) is 5.35. The molecule has 1 atom stereocenters. The molecule has 0 aliphatic carbocycles. The molecule has 1 N–H and O–H groups in total. The lowest BCUT2D eigenvalue weighted by atomic mass is 9.93. The average molecular weight is 260 g/mol. The molecule has 0 radical (unpaired) electrons. The van der Waals surface area contributed by atoms with Crippen molar-refractivity contribution in [3.05, 3.63) is 35.4 Å². The van der Waals surface area contributed by atoms with Crippen molar-refractivity contribution in [2.45, 2.75) is 39.7 Å². The standard InChI is InChI=1S/C16H24N2O/c1-3-13-5-7-14(8-6-13)11-18-10-9-16(17-19)15(4-2)12-18/h5-8,15,19H,3-4,9-12H2,1-2H3/b17-16+. The molecule has 19 heavy (non-hydrogen) atoms. The Morgan fingerprint density at radius 2 is 1.89 bits per heavy atom. The fourth-order valence-electron chi connectivity index (χ4n) is 2.76. The van der Waals surface area contributed by atoms with Crippen LogP contribution < -0.4 is 0 Å². The Bertz CT molecular complexity index is 425. The molecule has 0 bridgehead atoms. The number of hydrogen-bond donors (Lipinski definition) is 1. The number of benzene rings is 1. The molecule has 2 rings (SSSR count). The molecule has 1 aromatic carbocycles. The van der Waals surface area contributed by atoms with E-state index in [1.54, 1.807) is 0 Å². The Morgan fingerprint density at radius 1 is 1.21 bits per heavy atom. The van der Waals surface area contributed by atoms with Crippen molar-refractivity contribution < 1.29 is 5.21 Å². The third kappa shape index (κ3) is 3.57. The number of aryl methyl sites for hydroxylation is 1. The molecular formula is C16H24N2O. The highest BCUT2D eigenvalue weighted by Crippen LogP contribution is 2.19. The minimum Gasteiger partial charge on any atom is -0.411 e. The van der Waals surface area contributed by atoms with Gasteiger partial charge in [0.05, 0.1) is 5.71 Å². The van der Waals surface area contributed by atoms with Crippen LogP contribution in [0.2, 0.25) is 0 Å². The van der Waals surface area contributed by atoms with E-state index >= 15 is 0 Å². The minimum atomic E-state index is 0.411. The quantitative estimate of drug-likeness (QED) is 0.666. The van der Waals surface area contributed by atoms with E-state index in [0.29, 0.717) is 5.92 Å². The summed E-state index contributed by atoms with van der Waals surface area (Å²) in [7, 11) is 0. The fraction of sp³-hybridized carbons (Fsp3) is 0.562. The van der Waals surface area contributed by atoms with Gasteiger partial charge in [-0.25, -0.2) is 0 Å². The molecule has 0 saturated carbocycles. The highest BCUT2D eigenvalue weighted by Gasteiger charge is 2.24. The smallest absolute Gasteiger partial charge is 0.0627 e. The zero-order valence-electron chi connectivity index (χ0n) is 12.0. The first-order chi connectivity index (χ1) is 9.26. The van der Waals surface area contributed by atoms with Gasteiger partial charge < -0.3 is 5.21 Å². The highest BCUT2D eigenvalue weighted by atomic mass is 16.4. The van der Waals surface area contributed by atoms with Crippen molar-refractivity contribution in [3.63, 3.8) is 0 Å². The predicted octanol–water partition coefficient (Wildman–Crippen LogP) is 3.31. The van der Waals surface area contributed by atoms with Crippen molar-refractivity contribution in [1.29, 1.82) is 0 Å². The molecule has 0 spiro atoms. The van der Waals surface area contributed by atoms with Gasteiger partial charge in [-0.05, 0) is 24.0 Å². The maximum absolute atomic E-state index is 9.00. The predicted molar refractivity (Wildman–Crippen MR) is 78.7 cm³/mol. The van der Waals surface area contributed by atoms with Gasteiger partial charge in [0.25, 0.3) is 0 Å². The number of nitrogens with zero attached hydrogens (tertiary/aromatic N) is 2. The highest BCUT2D eigenvalue weighted by molar-refractivity contribution is 5.87. The lowest BCUT2D eigenvalue weighted by molar-refractivity contribution is 0.220. The molecule has 1 fully saturated rings. The molecular weight excluding hydrogens is 236 g/mol. The Balaban J connectivity index is 1.96. The van der Waals surface area contributed by atoms with Crippen LogP contribution in [0.25, 0.3) is 0 Å². The second kappa shape index (κ2) is 6.71. The third-order valence-electron chi connectivity index (χ3n) is 4.09. The van der Waals surface area contributed by atoms with Gasteiger partial charge >= 0.3 is 0 Å². The molecule has 0 aromatic heterocycles. The molecule has 1 heterocycles. The number of rotatable bonds is 4. The summed E-state index contributed by atoms with van der Waals surface area (Å²) in [5.41, 5.74) is 3.74.